The zero-order valence-electron chi connectivity index (χ0n) is 10.1. The Labute approximate surface area is 106 Å². The Morgan fingerprint density at radius 1 is 1.58 bits per heavy atom. The highest BCUT2D eigenvalue weighted by Crippen LogP contribution is 2.32. The maximum atomic E-state index is 14.2. The van der Waals surface area contributed by atoms with Gasteiger partial charge in [0.15, 0.2) is 12.4 Å². The molecule has 19 heavy (non-hydrogen) atoms. The molecular formula is C10H14FN3O5. The molecule has 0 saturated carbocycles. The lowest BCUT2D eigenvalue weighted by Gasteiger charge is -2.22. The molecule has 4 atom stereocenters. The van der Waals surface area contributed by atoms with Crippen LogP contribution in [0, 0.1) is 0 Å². The topological polar surface area (TPSA) is 108 Å². The zero-order chi connectivity index (χ0) is 14.2. The van der Waals surface area contributed by atoms with E-state index in [0.29, 0.717) is 5.06 Å². The number of hydrogen-bond donors (Lipinski definition) is 3. The van der Waals surface area contributed by atoms with E-state index in [-0.39, 0.29) is 0 Å². The predicted octanol–water partition coefficient (Wildman–Crippen LogP) is -1.55. The Bertz CT molecular complexity index is 557. The molecule has 0 bridgehead atoms. The number of likely N-dealkylation sites (N-methyl/N-ethyl adjacent to an activating group) is 1. The Kier molecular flexibility index (Phi) is 3.80. The van der Waals surface area contributed by atoms with Crippen LogP contribution in [0.1, 0.15) is 6.23 Å². The zero-order valence-corrected chi connectivity index (χ0v) is 10.1. The Balaban J connectivity index is 2.36. The first kappa shape index (κ1) is 13.9. The maximum absolute atomic E-state index is 14.2. The van der Waals surface area contributed by atoms with Crippen LogP contribution >= 0.6 is 0 Å². The van der Waals surface area contributed by atoms with Crippen molar-refractivity contribution < 1.29 is 19.4 Å². The summed E-state index contributed by atoms with van der Waals surface area (Å²) >= 11 is 0. The summed E-state index contributed by atoms with van der Waals surface area (Å²) in [5, 5.41) is 19.1. The highest BCUT2D eigenvalue weighted by atomic mass is 19.1. The Hall–Kier alpha value is -1.55. The first-order valence-electron chi connectivity index (χ1n) is 5.59. The van der Waals surface area contributed by atoms with Crippen molar-refractivity contribution in [1.29, 1.82) is 0 Å². The summed E-state index contributed by atoms with van der Waals surface area (Å²) in [6, 6.07) is -0.0460. The number of alkyl halides is 1. The van der Waals surface area contributed by atoms with Gasteiger partial charge < -0.3 is 15.1 Å². The number of nitrogens with one attached hydrogen (secondary N) is 1. The number of hydroxylamine groups is 2. The molecule has 2 heterocycles. The molecule has 1 aromatic heterocycles. The second-order valence-corrected chi connectivity index (χ2v) is 4.27. The average molecular weight is 275 g/mol. The number of aromatic nitrogens is 2. The molecule has 1 aliphatic rings. The van der Waals surface area contributed by atoms with E-state index in [1.54, 1.807) is 0 Å². The molecule has 0 aliphatic carbocycles. The van der Waals surface area contributed by atoms with Crippen LogP contribution in [0.3, 0.4) is 0 Å². The van der Waals surface area contributed by atoms with Crippen LogP contribution in [-0.2, 0) is 4.74 Å². The number of ether oxygens (including phenoxy) is 1. The molecule has 0 radical (unpaired) electrons. The smallest absolute Gasteiger partial charge is 0.330 e. The van der Waals surface area contributed by atoms with Gasteiger partial charge in [0.05, 0.1) is 12.6 Å². The summed E-state index contributed by atoms with van der Waals surface area (Å²) in [5.41, 5.74) is -1.43. The van der Waals surface area contributed by atoms with Crippen LogP contribution in [0.4, 0.5) is 4.39 Å². The van der Waals surface area contributed by atoms with Gasteiger partial charge in [-0.1, -0.05) is 0 Å². The fraction of sp³-hybridized carbons (Fsp3) is 0.600. The van der Waals surface area contributed by atoms with Gasteiger partial charge in [0, 0.05) is 19.3 Å². The quantitative estimate of drug-likeness (QED) is 0.577. The van der Waals surface area contributed by atoms with Gasteiger partial charge in [0.1, 0.15) is 6.10 Å². The molecule has 3 N–H and O–H groups in total. The van der Waals surface area contributed by atoms with Crippen molar-refractivity contribution in [2.75, 3.05) is 13.7 Å². The van der Waals surface area contributed by atoms with E-state index in [1.165, 1.54) is 7.05 Å². The molecule has 8 nitrogen and oxygen atoms in total. The third-order valence-corrected chi connectivity index (χ3v) is 3.03. The summed E-state index contributed by atoms with van der Waals surface area (Å²) in [6.07, 6.45) is -2.93. The molecule has 0 amide bonds. The molecule has 0 unspecified atom stereocenters. The number of nitrogens with zero attached hydrogens (tertiary/aromatic N) is 2. The number of aliphatic hydroxyl groups is 1. The second kappa shape index (κ2) is 5.21. The van der Waals surface area contributed by atoms with Crippen LogP contribution in [-0.4, -0.2) is 56.9 Å². The Morgan fingerprint density at radius 3 is 2.74 bits per heavy atom. The van der Waals surface area contributed by atoms with Gasteiger partial charge in [-0.05, 0) is 0 Å². The van der Waals surface area contributed by atoms with Crippen molar-refractivity contribution in [2.45, 2.75) is 24.5 Å². The van der Waals surface area contributed by atoms with Crippen LogP contribution in [0.5, 0.6) is 0 Å². The molecule has 1 fully saturated rings. The summed E-state index contributed by atoms with van der Waals surface area (Å²) in [6.45, 7) is -0.509. The molecule has 0 aromatic carbocycles. The minimum atomic E-state index is -1.74. The van der Waals surface area contributed by atoms with Gasteiger partial charge in [-0.15, -0.1) is 0 Å². The van der Waals surface area contributed by atoms with Gasteiger partial charge >= 0.3 is 5.69 Å². The van der Waals surface area contributed by atoms with E-state index in [1.807, 2.05) is 4.98 Å². The van der Waals surface area contributed by atoms with Crippen molar-refractivity contribution in [2.24, 2.45) is 0 Å². The minimum Gasteiger partial charge on any atom is -0.394 e. The molecule has 9 heteroatoms. The highest BCUT2D eigenvalue weighted by Gasteiger charge is 2.48. The molecule has 1 aliphatic heterocycles. The van der Waals surface area contributed by atoms with E-state index in [2.05, 4.69) is 0 Å². The van der Waals surface area contributed by atoms with E-state index in [0.717, 1.165) is 16.8 Å². The van der Waals surface area contributed by atoms with Gasteiger partial charge in [0.2, 0.25) is 0 Å². The number of hydrogen-bond acceptors (Lipinski definition) is 6. The molecular weight excluding hydrogens is 261 g/mol. The first-order chi connectivity index (χ1) is 8.95. The van der Waals surface area contributed by atoms with E-state index in [9.17, 15) is 19.2 Å². The van der Waals surface area contributed by atoms with Gasteiger partial charge in [0.25, 0.3) is 5.56 Å². The third-order valence-electron chi connectivity index (χ3n) is 3.03. The van der Waals surface area contributed by atoms with E-state index < -0.39 is 42.4 Å². The maximum Gasteiger partial charge on any atom is 0.330 e. The number of aromatic amines is 1. The molecule has 0 spiro atoms. The van der Waals surface area contributed by atoms with E-state index in [4.69, 9.17) is 9.84 Å². The summed E-state index contributed by atoms with van der Waals surface area (Å²) in [4.78, 5) is 24.5. The third kappa shape index (κ3) is 2.45. The minimum absolute atomic E-state index is 0.509. The predicted molar refractivity (Wildman–Crippen MR) is 60.6 cm³/mol. The summed E-state index contributed by atoms with van der Waals surface area (Å²) in [7, 11) is 1.22. The monoisotopic (exact) mass is 275 g/mol. The highest BCUT2D eigenvalue weighted by molar-refractivity contribution is 4.95. The first-order valence-corrected chi connectivity index (χ1v) is 5.59. The fourth-order valence-electron chi connectivity index (χ4n) is 2.15. The fourth-order valence-corrected chi connectivity index (χ4v) is 2.15. The van der Waals surface area contributed by atoms with Crippen molar-refractivity contribution >= 4 is 0 Å². The standard InChI is InChI=1S/C10H14FN3O5/c1-13(18)8-5(4-15)19-9(7(8)11)14-3-2-6(16)12-10(14)17/h2-3,5,7-9,15,18H,4H2,1H3,(H,12,16,17)/t5-,7+,8-,9+/m1/s1. The number of aliphatic hydroxyl groups excluding tert-OH is 1. The van der Waals surface area contributed by atoms with Crippen LogP contribution in [0.25, 0.3) is 0 Å². The van der Waals surface area contributed by atoms with Crippen molar-refractivity contribution in [3.05, 3.63) is 33.1 Å². The van der Waals surface area contributed by atoms with Gasteiger partial charge in [-0.3, -0.25) is 14.3 Å². The largest absolute Gasteiger partial charge is 0.394 e. The van der Waals surface area contributed by atoms with Gasteiger partial charge in [-0.2, -0.15) is 5.06 Å². The lowest BCUT2D eigenvalue weighted by molar-refractivity contribution is -0.134. The van der Waals surface area contributed by atoms with Crippen LogP contribution in [0.15, 0.2) is 21.9 Å². The van der Waals surface area contributed by atoms with E-state index >= 15 is 0 Å². The summed E-state index contributed by atoms with van der Waals surface area (Å²) in [5.74, 6) is 0. The normalized spacial score (nSPS) is 31.0. The average Bonchev–Trinajstić information content (AvgIpc) is 2.66. The van der Waals surface area contributed by atoms with Crippen LogP contribution in [0.2, 0.25) is 0 Å². The van der Waals surface area contributed by atoms with Crippen molar-refractivity contribution in [1.82, 2.24) is 14.6 Å². The lowest BCUT2D eigenvalue weighted by Crippen LogP contribution is -2.44. The summed E-state index contributed by atoms with van der Waals surface area (Å²) < 4.78 is 20.3. The van der Waals surface area contributed by atoms with Gasteiger partial charge in [-0.25, -0.2) is 9.18 Å². The lowest BCUT2D eigenvalue weighted by atomic mass is 10.1. The molecule has 106 valence electrons. The molecule has 1 aromatic rings. The second-order valence-electron chi connectivity index (χ2n) is 4.27. The van der Waals surface area contributed by atoms with Crippen molar-refractivity contribution in [3.8, 4) is 0 Å². The number of H-pyrrole nitrogens is 1. The number of rotatable bonds is 3. The molecule has 2 rings (SSSR count). The van der Waals surface area contributed by atoms with Crippen LogP contribution < -0.4 is 11.2 Å². The SMILES string of the molecule is CN(O)[C@H]1[C@H](F)[C@@H](n2ccc(=O)[nH]c2=O)O[C@@H]1CO. The number of halogens is 1. The van der Waals surface area contributed by atoms with Crippen molar-refractivity contribution in [3.63, 3.8) is 0 Å². The Morgan fingerprint density at radius 2 is 2.26 bits per heavy atom. The molecule has 1 saturated heterocycles.